The van der Waals surface area contributed by atoms with Crippen LogP contribution in [0.3, 0.4) is 0 Å². The Labute approximate surface area is 95.4 Å². The van der Waals surface area contributed by atoms with Crippen molar-refractivity contribution in [1.29, 1.82) is 0 Å². The molecule has 0 aliphatic carbocycles. The summed E-state index contributed by atoms with van der Waals surface area (Å²) in [6.45, 7) is 2.91. The van der Waals surface area contributed by atoms with Gasteiger partial charge in [0.25, 0.3) is 0 Å². The zero-order chi connectivity index (χ0) is 11.6. The first-order chi connectivity index (χ1) is 7.65. The highest BCUT2D eigenvalue weighted by molar-refractivity contribution is 5.89. The predicted molar refractivity (Wildman–Crippen MR) is 60.3 cm³/mol. The Bertz CT molecular complexity index is 375. The lowest BCUT2D eigenvalue weighted by molar-refractivity contribution is 0.0168. The van der Waals surface area contributed by atoms with Crippen molar-refractivity contribution < 1.29 is 14.3 Å². The van der Waals surface area contributed by atoms with Crippen LogP contribution in [0.1, 0.15) is 35.7 Å². The van der Waals surface area contributed by atoms with Crippen LogP contribution in [-0.4, -0.2) is 19.7 Å². The Balaban J connectivity index is 2.22. The summed E-state index contributed by atoms with van der Waals surface area (Å²) >= 11 is 0. The van der Waals surface area contributed by atoms with Crippen molar-refractivity contribution in [2.24, 2.45) is 0 Å². The summed E-state index contributed by atoms with van der Waals surface area (Å²) < 4.78 is 10.4. The fraction of sp³-hybridized carbons (Fsp3) is 0.462. The van der Waals surface area contributed by atoms with Gasteiger partial charge >= 0.3 is 5.97 Å². The second-order valence-corrected chi connectivity index (χ2v) is 4.25. The van der Waals surface area contributed by atoms with Gasteiger partial charge in [-0.3, -0.25) is 0 Å². The smallest absolute Gasteiger partial charge is 0.337 e. The van der Waals surface area contributed by atoms with Crippen molar-refractivity contribution in [3.8, 4) is 0 Å². The molecule has 0 aromatic heterocycles. The van der Waals surface area contributed by atoms with Gasteiger partial charge in [0.2, 0.25) is 0 Å². The first-order valence-corrected chi connectivity index (χ1v) is 5.48. The number of hydrogen-bond acceptors (Lipinski definition) is 3. The average molecular weight is 220 g/mol. The number of methoxy groups -OCH3 is 1. The lowest BCUT2D eigenvalue weighted by Crippen LogP contribution is -2.19. The Hall–Kier alpha value is -1.35. The van der Waals surface area contributed by atoms with Gasteiger partial charge in [-0.15, -0.1) is 0 Å². The Morgan fingerprint density at radius 3 is 2.56 bits per heavy atom. The molecule has 0 radical (unpaired) electrons. The zero-order valence-electron chi connectivity index (χ0n) is 9.66. The van der Waals surface area contributed by atoms with Crippen molar-refractivity contribution in [3.63, 3.8) is 0 Å². The summed E-state index contributed by atoms with van der Waals surface area (Å²) in [7, 11) is 1.39. The van der Waals surface area contributed by atoms with Crippen LogP contribution in [0.4, 0.5) is 0 Å². The molecule has 1 aliphatic heterocycles. The number of ether oxygens (including phenoxy) is 2. The van der Waals surface area contributed by atoms with Gasteiger partial charge in [-0.2, -0.15) is 0 Å². The quantitative estimate of drug-likeness (QED) is 0.718. The van der Waals surface area contributed by atoms with E-state index in [4.69, 9.17) is 4.74 Å². The summed E-state index contributed by atoms with van der Waals surface area (Å²) in [5.74, 6) is -0.302. The predicted octanol–water partition coefficient (Wildman–Crippen LogP) is 2.50. The summed E-state index contributed by atoms with van der Waals surface area (Å²) in [6, 6.07) is 7.46. The molecule has 1 saturated heterocycles. The topological polar surface area (TPSA) is 35.5 Å². The molecule has 3 nitrogen and oxygen atoms in total. The Morgan fingerprint density at radius 2 is 2.06 bits per heavy atom. The molecule has 0 bridgehead atoms. The van der Waals surface area contributed by atoms with Crippen molar-refractivity contribution >= 4 is 5.97 Å². The SMILES string of the molecule is COC(=O)c1ccc([C@]2(C)CCCO2)cc1. The van der Waals surface area contributed by atoms with Crippen molar-refractivity contribution in [2.45, 2.75) is 25.4 Å². The summed E-state index contributed by atoms with van der Waals surface area (Å²) in [4.78, 5) is 11.3. The van der Waals surface area contributed by atoms with Gasteiger partial charge in [0, 0.05) is 6.61 Å². The van der Waals surface area contributed by atoms with Crippen molar-refractivity contribution in [3.05, 3.63) is 35.4 Å². The average Bonchev–Trinajstić information content (AvgIpc) is 2.77. The van der Waals surface area contributed by atoms with Crippen LogP contribution >= 0.6 is 0 Å². The molecule has 0 amide bonds. The molecule has 0 unspecified atom stereocenters. The third-order valence-corrected chi connectivity index (χ3v) is 3.14. The lowest BCUT2D eigenvalue weighted by atomic mass is 9.92. The molecule has 1 aromatic carbocycles. The van der Waals surface area contributed by atoms with E-state index in [2.05, 4.69) is 11.7 Å². The van der Waals surface area contributed by atoms with E-state index < -0.39 is 0 Å². The van der Waals surface area contributed by atoms with Gasteiger partial charge in [-0.25, -0.2) is 4.79 Å². The van der Waals surface area contributed by atoms with Gasteiger partial charge < -0.3 is 9.47 Å². The Kier molecular flexibility index (Phi) is 2.97. The minimum Gasteiger partial charge on any atom is -0.465 e. The minimum atomic E-state index is -0.302. The van der Waals surface area contributed by atoms with Crippen LogP contribution in [0.25, 0.3) is 0 Å². The molecular weight excluding hydrogens is 204 g/mol. The van der Waals surface area contributed by atoms with Crippen LogP contribution in [0.2, 0.25) is 0 Å². The van der Waals surface area contributed by atoms with Crippen molar-refractivity contribution in [2.75, 3.05) is 13.7 Å². The summed E-state index contributed by atoms with van der Waals surface area (Å²) in [5, 5.41) is 0. The highest BCUT2D eigenvalue weighted by Gasteiger charge is 2.31. The molecule has 1 heterocycles. The van der Waals surface area contributed by atoms with Gasteiger partial charge in [-0.1, -0.05) is 12.1 Å². The van der Waals surface area contributed by atoms with Gasteiger partial charge in [-0.05, 0) is 37.5 Å². The van der Waals surface area contributed by atoms with E-state index in [0.29, 0.717) is 5.56 Å². The van der Waals surface area contributed by atoms with Crippen LogP contribution in [0.5, 0.6) is 0 Å². The highest BCUT2D eigenvalue weighted by atomic mass is 16.5. The zero-order valence-corrected chi connectivity index (χ0v) is 9.66. The molecule has 1 atom stereocenters. The van der Waals surface area contributed by atoms with E-state index in [1.54, 1.807) is 12.1 Å². The number of benzene rings is 1. The van der Waals surface area contributed by atoms with E-state index in [9.17, 15) is 4.79 Å². The molecule has 16 heavy (non-hydrogen) atoms. The molecule has 2 rings (SSSR count). The Morgan fingerprint density at radius 1 is 1.38 bits per heavy atom. The molecule has 1 aliphatic rings. The standard InChI is InChI=1S/C13H16O3/c1-13(8-3-9-16-13)11-6-4-10(5-7-11)12(14)15-2/h4-7H,3,8-9H2,1-2H3/t13-/m0/s1. The van der Waals surface area contributed by atoms with Crippen LogP contribution < -0.4 is 0 Å². The highest BCUT2D eigenvalue weighted by Crippen LogP contribution is 2.35. The number of esters is 1. The first-order valence-electron chi connectivity index (χ1n) is 5.48. The van der Waals surface area contributed by atoms with Crippen LogP contribution in [-0.2, 0) is 15.1 Å². The first kappa shape index (κ1) is 11.1. The third-order valence-electron chi connectivity index (χ3n) is 3.14. The molecule has 86 valence electrons. The summed E-state index contributed by atoms with van der Waals surface area (Å²) in [5.41, 5.74) is 1.51. The maximum absolute atomic E-state index is 11.3. The maximum atomic E-state index is 11.3. The number of hydrogen-bond donors (Lipinski definition) is 0. The van der Waals surface area contributed by atoms with Gasteiger partial charge in [0.1, 0.15) is 0 Å². The van der Waals surface area contributed by atoms with Crippen molar-refractivity contribution in [1.82, 2.24) is 0 Å². The maximum Gasteiger partial charge on any atom is 0.337 e. The van der Waals surface area contributed by atoms with E-state index in [1.807, 2.05) is 12.1 Å². The van der Waals surface area contributed by atoms with Gasteiger partial charge in [0.05, 0.1) is 18.3 Å². The fourth-order valence-electron chi connectivity index (χ4n) is 2.08. The fourth-order valence-corrected chi connectivity index (χ4v) is 2.08. The van der Waals surface area contributed by atoms with Crippen LogP contribution in [0.15, 0.2) is 24.3 Å². The minimum absolute atomic E-state index is 0.186. The number of rotatable bonds is 2. The van der Waals surface area contributed by atoms with E-state index in [1.165, 1.54) is 7.11 Å². The van der Waals surface area contributed by atoms with E-state index in [-0.39, 0.29) is 11.6 Å². The number of carbonyl (C=O) groups excluding carboxylic acids is 1. The van der Waals surface area contributed by atoms with E-state index >= 15 is 0 Å². The molecule has 0 N–H and O–H groups in total. The largest absolute Gasteiger partial charge is 0.465 e. The lowest BCUT2D eigenvalue weighted by Gasteiger charge is -2.23. The molecule has 1 fully saturated rings. The summed E-state index contributed by atoms with van der Waals surface area (Å²) in [6.07, 6.45) is 2.12. The molecule has 0 spiro atoms. The molecule has 0 saturated carbocycles. The normalized spacial score (nSPS) is 24.4. The number of carbonyl (C=O) groups is 1. The molecule has 3 heteroatoms. The van der Waals surface area contributed by atoms with Crippen LogP contribution in [0, 0.1) is 0 Å². The van der Waals surface area contributed by atoms with E-state index in [0.717, 1.165) is 25.0 Å². The second-order valence-electron chi connectivity index (χ2n) is 4.25. The third kappa shape index (κ3) is 1.95. The molecule has 1 aromatic rings. The molecular formula is C13H16O3. The second kappa shape index (κ2) is 4.26. The monoisotopic (exact) mass is 220 g/mol. The van der Waals surface area contributed by atoms with Gasteiger partial charge in [0.15, 0.2) is 0 Å².